The molecule has 0 aromatic heterocycles. The van der Waals surface area contributed by atoms with E-state index in [1.165, 1.54) is 19.2 Å². The van der Waals surface area contributed by atoms with Gasteiger partial charge in [0.25, 0.3) is 0 Å². The van der Waals surface area contributed by atoms with Crippen molar-refractivity contribution in [1.82, 2.24) is 0 Å². The maximum absolute atomic E-state index is 11.9. The fraction of sp³-hybridized carbons (Fsp3) is 0.400. The number of rotatable bonds is 5. The van der Waals surface area contributed by atoms with E-state index < -0.39 is 9.84 Å². The van der Waals surface area contributed by atoms with E-state index >= 15 is 0 Å². The second-order valence-corrected chi connectivity index (χ2v) is 5.77. The van der Waals surface area contributed by atoms with Crippen LogP contribution in [0.3, 0.4) is 0 Å². The fourth-order valence-corrected chi connectivity index (χ4v) is 3.04. The molecule has 0 fully saturated rings. The van der Waals surface area contributed by atoms with Crippen molar-refractivity contribution in [3.63, 3.8) is 0 Å². The minimum atomic E-state index is -3.38. The Labute approximate surface area is 100 Å². The molecule has 0 atom stereocenters. The summed E-state index contributed by atoms with van der Waals surface area (Å²) in [5.41, 5.74) is 5.29. The van der Waals surface area contributed by atoms with Gasteiger partial charge in [0.2, 0.25) is 0 Å². The van der Waals surface area contributed by atoms with Crippen LogP contribution in [0.15, 0.2) is 23.1 Å². The number of nitrogens with two attached hydrogens (primary N) is 1. The van der Waals surface area contributed by atoms with Gasteiger partial charge in [0.05, 0.1) is 12.9 Å². The predicted molar refractivity (Wildman–Crippen MR) is 63.7 cm³/mol. The lowest BCUT2D eigenvalue weighted by Gasteiger charge is -2.09. The van der Waals surface area contributed by atoms with Crippen LogP contribution in [-0.4, -0.2) is 27.8 Å². The molecule has 2 N–H and O–H groups in total. The third-order valence-electron chi connectivity index (χ3n) is 2.08. The van der Waals surface area contributed by atoms with Crippen LogP contribution in [-0.2, 0) is 9.84 Å². The third kappa shape index (κ3) is 3.10. The molecular formula is C10H14ClNO3S. The molecule has 90 valence electrons. The third-order valence-corrected chi connectivity index (χ3v) is 4.13. The van der Waals surface area contributed by atoms with Crippen molar-refractivity contribution in [2.75, 3.05) is 19.4 Å². The van der Waals surface area contributed by atoms with Crippen LogP contribution in [0.4, 0.5) is 0 Å². The molecule has 0 heterocycles. The Hall–Kier alpha value is -0.780. The highest BCUT2D eigenvalue weighted by atomic mass is 35.5. The van der Waals surface area contributed by atoms with Crippen molar-refractivity contribution in [3.05, 3.63) is 23.2 Å². The first kappa shape index (κ1) is 13.3. The quantitative estimate of drug-likeness (QED) is 0.873. The first-order valence-electron chi connectivity index (χ1n) is 4.77. The molecule has 1 aromatic carbocycles. The number of hydrogen-bond acceptors (Lipinski definition) is 4. The highest BCUT2D eigenvalue weighted by Gasteiger charge is 2.19. The maximum Gasteiger partial charge on any atom is 0.182 e. The zero-order chi connectivity index (χ0) is 12.2. The Morgan fingerprint density at radius 3 is 2.69 bits per heavy atom. The zero-order valence-electron chi connectivity index (χ0n) is 8.94. The molecule has 4 nitrogen and oxygen atoms in total. The maximum atomic E-state index is 11.9. The Morgan fingerprint density at radius 2 is 2.12 bits per heavy atom. The Balaban J connectivity index is 3.15. The average molecular weight is 264 g/mol. The molecule has 6 heteroatoms. The monoisotopic (exact) mass is 263 g/mol. The summed E-state index contributed by atoms with van der Waals surface area (Å²) in [4.78, 5) is 0.121. The summed E-state index contributed by atoms with van der Waals surface area (Å²) in [6.07, 6.45) is 0.415. The Bertz CT molecular complexity index is 459. The predicted octanol–water partition coefficient (Wildman–Crippen LogP) is 1.47. The molecule has 1 rings (SSSR count). The molecule has 0 bridgehead atoms. The molecule has 0 amide bonds. The van der Waals surface area contributed by atoms with Crippen LogP contribution < -0.4 is 10.5 Å². The molecular weight excluding hydrogens is 250 g/mol. The van der Waals surface area contributed by atoms with Gasteiger partial charge in [-0.1, -0.05) is 11.6 Å². The van der Waals surface area contributed by atoms with Gasteiger partial charge in [-0.25, -0.2) is 8.42 Å². The standard InChI is InChI=1S/C10H14ClNO3S/c1-15-9-4-3-8(11)7-10(9)16(13,14)6-2-5-12/h3-4,7H,2,5-6,12H2,1H3. The van der Waals surface area contributed by atoms with Gasteiger partial charge >= 0.3 is 0 Å². The van der Waals surface area contributed by atoms with Crippen molar-refractivity contribution in [1.29, 1.82) is 0 Å². The molecule has 0 radical (unpaired) electrons. The van der Waals surface area contributed by atoms with E-state index in [-0.39, 0.29) is 10.6 Å². The fourth-order valence-electron chi connectivity index (χ4n) is 1.28. The van der Waals surface area contributed by atoms with Crippen LogP contribution in [0, 0.1) is 0 Å². The molecule has 0 saturated carbocycles. The summed E-state index contributed by atoms with van der Waals surface area (Å²) in [6, 6.07) is 4.52. The molecule has 0 aliphatic carbocycles. The summed E-state index contributed by atoms with van der Waals surface area (Å²) in [6.45, 7) is 0.335. The molecule has 0 aliphatic rings. The number of hydrogen-bond donors (Lipinski definition) is 1. The normalized spacial score (nSPS) is 11.4. The Kier molecular flexibility index (Phi) is 4.58. The lowest BCUT2D eigenvalue weighted by Crippen LogP contribution is -2.12. The SMILES string of the molecule is COc1ccc(Cl)cc1S(=O)(=O)CCCN. The summed E-state index contributed by atoms with van der Waals surface area (Å²) in [5, 5.41) is 0.368. The zero-order valence-corrected chi connectivity index (χ0v) is 10.5. The number of methoxy groups -OCH3 is 1. The number of ether oxygens (including phenoxy) is 1. The summed E-state index contributed by atoms with van der Waals surface area (Å²) in [7, 11) is -1.96. The van der Waals surface area contributed by atoms with Gasteiger partial charge in [-0.05, 0) is 31.2 Å². The highest BCUT2D eigenvalue weighted by molar-refractivity contribution is 7.91. The number of sulfone groups is 1. The summed E-state index contributed by atoms with van der Waals surface area (Å²) in [5.74, 6) is 0.307. The second-order valence-electron chi connectivity index (χ2n) is 3.26. The van der Waals surface area contributed by atoms with Crippen LogP contribution in [0.2, 0.25) is 5.02 Å². The lowest BCUT2D eigenvalue weighted by atomic mass is 10.3. The van der Waals surface area contributed by atoms with Gasteiger partial charge in [0, 0.05) is 5.02 Å². The minimum Gasteiger partial charge on any atom is -0.495 e. The first-order chi connectivity index (χ1) is 7.51. The van der Waals surface area contributed by atoms with Crippen LogP contribution in [0.5, 0.6) is 5.75 Å². The van der Waals surface area contributed by atoms with Gasteiger partial charge < -0.3 is 10.5 Å². The van der Waals surface area contributed by atoms with Gasteiger partial charge in [-0.3, -0.25) is 0 Å². The molecule has 0 spiro atoms. The van der Waals surface area contributed by atoms with Gasteiger partial charge in [-0.2, -0.15) is 0 Å². The summed E-state index contributed by atoms with van der Waals surface area (Å²) >= 11 is 5.77. The molecule has 0 unspecified atom stereocenters. The van der Waals surface area contributed by atoms with Crippen molar-refractivity contribution in [3.8, 4) is 5.75 Å². The molecule has 1 aromatic rings. The average Bonchev–Trinajstić information content (AvgIpc) is 2.26. The molecule has 16 heavy (non-hydrogen) atoms. The highest BCUT2D eigenvalue weighted by Crippen LogP contribution is 2.28. The van der Waals surface area contributed by atoms with E-state index in [0.717, 1.165) is 0 Å². The van der Waals surface area contributed by atoms with E-state index in [0.29, 0.717) is 23.7 Å². The van der Waals surface area contributed by atoms with Crippen molar-refractivity contribution >= 4 is 21.4 Å². The van der Waals surface area contributed by atoms with Crippen molar-refractivity contribution in [2.45, 2.75) is 11.3 Å². The molecule has 0 aliphatic heterocycles. The van der Waals surface area contributed by atoms with E-state index in [1.807, 2.05) is 0 Å². The second kappa shape index (κ2) is 5.52. The van der Waals surface area contributed by atoms with Crippen molar-refractivity contribution in [2.24, 2.45) is 5.73 Å². The van der Waals surface area contributed by atoms with Gasteiger partial charge in [-0.15, -0.1) is 0 Å². The number of benzene rings is 1. The largest absolute Gasteiger partial charge is 0.495 e. The van der Waals surface area contributed by atoms with Crippen LogP contribution in [0.1, 0.15) is 6.42 Å². The van der Waals surface area contributed by atoms with Crippen LogP contribution in [0.25, 0.3) is 0 Å². The summed E-state index contributed by atoms with van der Waals surface area (Å²) < 4.78 is 28.9. The Morgan fingerprint density at radius 1 is 1.44 bits per heavy atom. The van der Waals surface area contributed by atoms with Gasteiger partial charge in [0.15, 0.2) is 9.84 Å². The molecule has 0 saturated heterocycles. The number of halogens is 1. The first-order valence-corrected chi connectivity index (χ1v) is 6.80. The van der Waals surface area contributed by atoms with E-state index in [9.17, 15) is 8.42 Å². The van der Waals surface area contributed by atoms with Crippen LogP contribution >= 0.6 is 11.6 Å². The minimum absolute atomic E-state index is 0.000201. The topological polar surface area (TPSA) is 69.4 Å². The van der Waals surface area contributed by atoms with E-state index in [2.05, 4.69) is 0 Å². The van der Waals surface area contributed by atoms with Crippen molar-refractivity contribution < 1.29 is 13.2 Å². The van der Waals surface area contributed by atoms with Gasteiger partial charge in [0.1, 0.15) is 10.6 Å². The lowest BCUT2D eigenvalue weighted by molar-refractivity contribution is 0.402. The smallest absolute Gasteiger partial charge is 0.182 e. The van der Waals surface area contributed by atoms with E-state index in [4.69, 9.17) is 22.1 Å². The van der Waals surface area contributed by atoms with E-state index in [1.54, 1.807) is 6.07 Å².